The number of esters is 4. The number of hydrogen-bond donors (Lipinski definition) is 3. The molecule has 26 unspecified atom stereocenters. The highest BCUT2D eigenvalue weighted by Crippen LogP contribution is 2.75. The summed E-state index contributed by atoms with van der Waals surface area (Å²) >= 11 is 0. The largest absolute Gasteiger partial charge is 0.481 e. The first kappa shape index (κ1) is 120. The van der Waals surface area contributed by atoms with Gasteiger partial charge in [-0.1, -0.05) is 188 Å². The second-order valence-electron chi connectivity index (χ2n) is 52.1. The lowest BCUT2D eigenvalue weighted by molar-refractivity contribution is -0.265. The van der Waals surface area contributed by atoms with Crippen molar-refractivity contribution in [3.05, 3.63) is 0 Å². The van der Waals surface area contributed by atoms with Gasteiger partial charge in [0.2, 0.25) is 0 Å². The first-order valence-corrected chi connectivity index (χ1v) is 54.0. The standard InChI is InChI=1S/C33H58O2.C32H52O4.C30H50O5.C17H26O4.8CH4/c1-8-10-11-12-13-23(3)27-16-17-28-26-15-14-24-22-25(35-30(34)31(4,5)9-2)18-20-32(24,6)29(26)19-21-33(27,28)7;1-7-29(3,4)28(33)35-22-12-15-30(5)21(18-22)10-11-23-24(30)13-16-31(6)25(23)19-26-27(31)20(2)32(36-26)14-8-9-17-34-32;1-7-28(3,4)27(34)35-20-14-15-29(5)19(16-20)9-10-21-23-12-11-22(18(2)8-13-26(32)33)30(23,6)25(31)17-24(21)29;1-4-15(2,3)14(20)21-17-8-11-5-12(9-17)7-16(6-11,10-17)13(18)19;;;;;;;;/h23-29H,8-22H2,1-7H3;20-27H,7-19H2,1-6H3;18-25,31H,7-17H2,1-6H3,(H,32,33);11-12H,4-10H2,1-3H3,(H,18,19);8*1H4/t23?,24?,25-,26?,27?,28?,29?,32?,33?;20-,21?,22+,23?,24?,25?,26?,27?,30?,31?,32+;18?,19?,20-,21?,22?,23?,24?,25+,29?,30?;;;;;;;;;/m101........./s1. The summed E-state index contributed by atoms with van der Waals surface area (Å²) in [5, 5.41) is 30.6. The number of carbonyl (C=O) groups excluding carboxylic acids is 4. The molecule has 18 aliphatic rings. The quantitative estimate of drug-likeness (QED) is 0.0492. The van der Waals surface area contributed by atoms with E-state index >= 15 is 0 Å². The van der Waals surface area contributed by atoms with E-state index in [9.17, 15) is 44.1 Å². The molecule has 0 aromatic heterocycles. The van der Waals surface area contributed by atoms with E-state index in [4.69, 9.17) is 28.4 Å². The summed E-state index contributed by atoms with van der Waals surface area (Å²) in [6.45, 7) is 50.0. The summed E-state index contributed by atoms with van der Waals surface area (Å²) in [4.78, 5) is 73.7. The average Bonchev–Trinajstić information content (AvgIpc) is 1.52. The first-order valence-electron chi connectivity index (χ1n) is 54.0. The van der Waals surface area contributed by atoms with Gasteiger partial charge in [-0.3, -0.25) is 28.8 Å². The molecule has 2 heterocycles. The van der Waals surface area contributed by atoms with E-state index in [1.165, 1.54) is 148 Å². The van der Waals surface area contributed by atoms with Gasteiger partial charge in [-0.15, -0.1) is 0 Å². The van der Waals surface area contributed by atoms with Crippen LogP contribution in [0.25, 0.3) is 0 Å². The molecule has 788 valence electrons. The Kier molecular flexibility index (Phi) is 40.6. The van der Waals surface area contributed by atoms with Crippen LogP contribution >= 0.6 is 0 Å². The molecule has 15 heteroatoms. The van der Waals surface area contributed by atoms with Gasteiger partial charge >= 0.3 is 35.8 Å². The summed E-state index contributed by atoms with van der Waals surface area (Å²) in [5.74, 6) is 11.7. The third kappa shape index (κ3) is 22.4. The highest BCUT2D eigenvalue weighted by molar-refractivity contribution is 5.79. The van der Waals surface area contributed by atoms with Crippen LogP contribution in [-0.2, 0) is 57.2 Å². The molecular formula is C120H218O15. The van der Waals surface area contributed by atoms with Crippen molar-refractivity contribution in [2.75, 3.05) is 6.61 Å². The molecule has 18 rings (SSSR count). The van der Waals surface area contributed by atoms with Crippen LogP contribution in [-0.4, -0.2) is 99.7 Å². The highest BCUT2D eigenvalue weighted by atomic mass is 16.7. The van der Waals surface area contributed by atoms with E-state index in [-0.39, 0.29) is 142 Å². The smallest absolute Gasteiger partial charge is 0.312 e. The number of fused-ring (bicyclic) bond motifs is 17. The van der Waals surface area contributed by atoms with Gasteiger partial charge in [0.25, 0.3) is 0 Å². The van der Waals surface area contributed by atoms with Gasteiger partial charge in [0.15, 0.2) is 5.79 Å². The van der Waals surface area contributed by atoms with Crippen molar-refractivity contribution < 1.29 is 72.5 Å². The van der Waals surface area contributed by atoms with Crippen LogP contribution in [0.1, 0.15) is 501 Å². The first-order chi connectivity index (χ1) is 59.6. The number of hydrogen-bond acceptors (Lipinski definition) is 13. The van der Waals surface area contributed by atoms with Gasteiger partial charge in [0, 0.05) is 25.2 Å². The van der Waals surface area contributed by atoms with Crippen LogP contribution in [0.3, 0.4) is 0 Å². The Balaban J connectivity index is 0.000000275. The van der Waals surface area contributed by atoms with E-state index in [0.29, 0.717) is 106 Å². The zero-order valence-corrected chi connectivity index (χ0v) is 84.7. The number of unbranched alkanes of at least 4 members (excludes halogenated alkanes) is 3. The number of aliphatic hydroxyl groups is 1. The number of carbonyl (C=O) groups is 6. The summed E-state index contributed by atoms with van der Waals surface area (Å²) in [5.41, 5.74) is -0.788. The number of aliphatic hydroxyl groups excluding tert-OH is 1. The summed E-state index contributed by atoms with van der Waals surface area (Å²) in [6, 6.07) is 0. The van der Waals surface area contributed by atoms with Gasteiger partial charge in [0.05, 0.1) is 45.9 Å². The van der Waals surface area contributed by atoms with Gasteiger partial charge < -0.3 is 43.7 Å². The van der Waals surface area contributed by atoms with Crippen molar-refractivity contribution in [2.45, 2.75) is 543 Å². The fraction of sp³-hybridized carbons (Fsp3) is 0.950. The maximum Gasteiger partial charge on any atom is 0.312 e. The molecule has 4 bridgehead atoms. The van der Waals surface area contributed by atoms with E-state index in [0.717, 1.165) is 182 Å². The second-order valence-corrected chi connectivity index (χ2v) is 52.1. The Morgan fingerprint density at radius 3 is 1.29 bits per heavy atom. The molecule has 0 aromatic carbocycles. The maximum atomic E-state index is 12.8. The molecule has 1 spiro atoms. The van der Waals surface area contributed by atoms with Crippen molar-refractivity contribution >= 4 is 35.8 Å². The third-order valence-corrected chi connectivity index (χ3v) is 44.1. The van der Waals surface area contributed by atoms with Crippen molar-refractivity contribution in [3.8, 4) is 0 Å². The van der Waals surface area contributed by atoms with Gasteiger partial charge in [0.1, 0.15) is 23.9 Å². The third-order valence-electron chi connectivity index (χ3n) is 44.1. The molecule has 2 saturated heterocycles. The Morgan fingerprint density at radius 2 is 0.837 bits per heavy atom. The molecule has 2 aliphatic heterocycles. The van der Waals surface area contributed by atoms with Crippen molar-refractivity contribution in [1.29, 1.82) is 0 Å². The molecule has 0 radical (unpaired) electrons. The van der Waals surface area contributed by atoms with Crippen LogP contribution in [0.4, 0.5) is 0 Å². The number of rotatable bonds is 23. The molecule has 3 N–H and O–H groups in total. The van der Waals surface area contributed by atoms with Gasteiger partial charge in [-0.2, -0.15) is 0 Å². The summed E-state index contributed by atoms with van der Waals surface area (Å²) in [6.07, 6.45) is 50.8. The predicted octanol–water partition coefficient (Wildman–Crippen LogP) is 32.1. The number of aliphatic carboxylic acids is 2. The SMILES string of the molecule is C.C.C.C.C.C.C.C.CCC(C)(C)C(=O)OC12CC3CC(C1)CC(C(=O)O)(C3)C2.CCC(C)(C)C(=O)O[C@@H]1CCC2(C)C(CCC3C2CCC2(C)C3CC3O[C@]4(CCCCO4)[C@@H](C)C32)C1.CCC(C)(C)C(=O)O[C@@H]1CCC2(C)C(CCC3C2C[C@H](O)C2(C)C(C(C)CCC(=O)O)CCC32)C1.CCCCCCC(C)C1CCC2C3CCC4C[C@H](OC(=O)C(C)(C)CC)CCC4(C)C3CCC12C. The van der Waals surface area contributed by atoms with Crippen molar-refractivity contribution in [3.63, 3.8) is 0 Å². The second kappa shape index (κ2) is 45.6. The Morgan fingerprint density at radius 1 is 0.422 bits per heavy atom. The molecule has 0 amide bonds. The summed E-state index contributed by atoms with van der Waals surface area (Å²) in [7, 11) is 0. The number of ether oxygens (including phenoxy) is 6. The lowest BCUT2D eigenvalue weighted by atomic mass is 9.43. The van der Waals surface area contributed by atoms with E-state index < -0.39 is 33.8 Å². The van der Waals surface area contributed by atoms with Crippen LogP contribution in [0.2, 0.25) is 0 Å². The normalized spacial score (nSPS) is 42.6. The molecule has 18 fully saturated rings. The fourth-order valence-corrected chi connectivity index (χ4v) is 34.8. The number of carboxylic acids is 2. The minimum atomic E-state index is -0.716. The molecule has 32 atom stereocenters. The van der Waals surface area contributed by atoms with Crippen LogP contribution < -0.4 is 0 Å². The molecule has 16 aliphatic carbocycles. The minimum Gasteiger partial charge on any atom is -0.481 e. The van der Waals surface area contributed by atoms with Crippen LogP contribution in [0.5, 0.6) is 0 Å². The highest BCUT2D eigenvalue weighted by Gasteiger charge is 2.71. The van der Waals surface area contributed by atoms with E-state index in [1.54, 1.807) is 0 Å². The molecule has 135 heavy (non-hydrogen) atoms. The lowest BCUT2D eigenvalue weighted by Crippen LogP contribution is -2.60. The molecule has 0 aromatic rings. The molecule has 15 nitrogen and oxygen atoms in total. The van der Waals surface area contributed by atoms with E-state index in [1.807, 2.05) is 69.2 Å². The fourth-order valence-electron chi connectivity index (χ4n) is 34.8. The average molecular weight is 1900 g/mol. The maximum absolute atomic E-state index is 12.8. The monoisotopic (exact) mass is 1900 g/mol. The number of carboxylic acid groups (broad SMARTS) is 2. The van der Waals surface area contributed by atoms with Crippen molar-refractivity contribution in [1.82, 2.24) is 0 Å². The minimum absolute atomic E-state index is 0. The molecule has 16 saturated carbocycles. The Labute approximate surface area is 830 Å². The van der Waals surface area contributed by atoms with E-state index in [2.05, 4.69) is 83.1 Å². The Bertz CT molecular complexity index is 3820. The van der Waals surface area contributed by atoms with Crippen molar-refractivity contribution in [2.24, 2.45) is 178 Å². The van der Waals surface area contributed by atoms with Crippen LogP contribution in [0, 0.1) is 178 Å². The van der Waals surface area contributed by atoms with Crippen LogP contribution in [0.15, 0.2) is 0 Å². The van der Waals surface area contributed by atoms with Gasteiger partial charge in [-0.25, -0.2) is 0 Å². The lowest BCUT2D eigenvalue weighted by Gasteiger charge is -2.62. The van der Waals surface area contributed by atoms with Gasteiger partial charge in [-0.05, 0) is 438 Å². The predicted molar refractivity (Wildman–Crippen MR) is 556 cm³/mol. The summed E-state index contributed by atoms with van der Waals surface area (Å²) < 4.78 is 37.5. The zero-order valence-electron chi connectivity index (χ0n) is 84.7. The Hall–Kier alpha value is -3.30. The zero-order chi connectivity index (χ0) is 92.2. The topological polar surface area (TPSA) is 218 Å². The molecular weight excluding hydrogens is 1680 g/mol.